The Kier molecular flexibility index (Phi) is 7.22. The van der Waals surface area contributed by atoms with Crippen LogP contribution in [0.25, 0.3) is 11.3 Å². The molecule has 0 bridgehead atoms. The first kappa shape index (κ1) is 21.4. The maximum atomic E-state index is 12.8. The third-order valence-corrected chi connectivity index (χ3v) is 6.16. The zero-order chi connectivity index (χ0) is 21.5. The molecule has 4 rings (SSSR count). The zero-order valence-corrected chi connectivity index (χ0v) is 18.3. The normalized spacial score (nSPS) is 20.1. The number of aromatic nitrogens is 1. The summed E-state index contributed by atoms with van der Waals surface area (Å²) in [5.41, 5.74) is 1.79. The van der Waals surface area contributed by atoms with Crippen LogP contribution in [-0.2, 0) is 11.3 Å². The maximum absolute atomic E-state index is 12.8. The van der Waals surface area contributed by atoms with Crippen LogP contribution in [0.5, 0.6) is 0 Å². The van der Waals surface area contributed by atoms with Crippen LogP contribution in [0.3, 0.4) is 0 Å². The highest BCUT2D eigenvalue weighted by Crippen LogP contribution is 2.27. The van der Waals surface area contributed by atoms with E-state index in [-0.39, 0.29) is 12.0 Å². The van der Waals surface area contributed by atoms with E-state index in [1.807, 2.05) is 48.2 Å². The van der Waals surface area contributed by atoms with E-state index >= 15 is 0 Å². The first-order chi connectivity index (χ1) is 15.2. The van der Waals surface area contributed by atoms with Crippen molar-refractivity contribution in [1.82, 2.24) is 20.7 Å². The average Bonchev–Trinajstić information content (AvgIpc) is 3.48. The van der Waals surface area contributed by atoms with Gasteiger partial charge in [-0.1, -0.05) is 54.8 Å². The van der Waals surface area contributed by atoms with Crippen LogP contribution in [0.2, 0.25) is 0 Å². The van der Waals surface area contributed by atoms with E-state index in [0.717, 1.165) is 61.9 Å². The van der Waals surface area contributed by atoms with Crippen LogP contribution in [0, 0.1) is 5.92 Å². The van der Waals surface area contributed by atoms with Gasteiger partial charge in [0, 0.05) is 43.2 Å². The molecule has 0 spiro atoms. The Labute approximate surface area is 184 Å². The molecule has 1 unspecified atom stereocenters. The minimum Gasteiger partial charge on any atom is -0.357 e. The highest BCUT2D eigenvalue weighted by molar-refractivity contribution is 5.81. The van der Waals surface area contributed by atoms with E-state index < -0.39 is 0 Å². The predicted octanol–water partition coefficient (Wildman–Crippen LogP) is 3.58. The van der Waals surface area contributed by atoms with Gasteiger partial charge in [-0.15, -0.1) is 0 Å². The standard InChI is InChI=1S/C24H33N5O2/c1-2-25-24(26-16-21-15-22(31-28-21)18-9-5-3-6-10-18)27-20-13-14-29(17-20)23(30)19-11-7-4-8-12-19/h3,5-6,9-10,15,19-20H,2,4,7-8,11-14,16-17H2,1H3,(H2,25,26,27). The average molecular weight is 424 g/mol. The summed E-state index contributed by atoms with van der Waals surface area (Å²) in [6.45, 7) is 4.84. The smallest absolute Gasteiger partial charge is 0.225 e. The number of hydrogen-bond acceptors (Lipinski definition) is 4. The second-order valence-electron chi connectivity index (χ2n) is 8.49. The van der Waals surface area contributed by atoms with Crippen molar-refractivity contribution in [2.24, 2.45) is 10.9 Å². The molecule has 1 aliphatic heterocycles. The molecule has 1 aliphatic carbocycles. The van der Waals surface area contributed by atoms with Crippen LogP contribution in [-0.4, -0.2) is 47.6 Å². The largest absolute Gasteiger partial charge is 0.357 e. The Morgan fingerprint density at radius 2 is 2.00 bits per heavy atom. The van der Waals surface area contributed by atoms with Gasteiger partial charge in [-0.05, 0) is 26.2 Å². The summed E-state index contributed by atoms with van der Waals surface area (Å²) in [7, 11) is 0. The van der Waals surface area contributed by atoms with Gasteiger partial charge in [0.1, 0.15) is 5.69 Å². The molecule has 7 nitrogen and oxygen atoms in total. The van der Waals surface area contributed by atoms with Crippen molar-refractivity contribution >= 4 is 11.9 Å². The molecule has 2 fully saturated rings. The first-order valence-corrected chi connectivity index (χ1v) is 11.6. The fourth-order valence-corrected chi connectivity index (χ4v) is 4.48. The summed E-state index contributed by atoms with van der Waals surface area (Å²) in [6, 6.07) is 12.1. The molecule has 1 saturated carbocycles. The number of aliphatic imine (C=N–C) groups is 1. The number of guanidine groups is 1. The molecule has 2 aromatic rings. The summed E-state index contributed by atoms with van der Waals surface area (Å²) in [5, 5.41) is 11.0. The SMILES string of the molecule is CCNC(=NCc1cc(-c2ccccc2)on1)NC1CCN(C(=O)C2CCCCC2)C1. The number of carbonyl (C=O) groups is 1. The minimum atomic E-state index is 0.225. The number of hydrogen-bond donors (Lipinski definition) is 2. The molecule has 1 saturated heterocycles. The van der Waals surface area contributed by atoms with Gasteiger partial charge in [0.05, 0.1) is 6.54 Å². The predicted molar refractivity (Wildman–Crippen MR) is 121 cm³/mol. The number of amides is 1. The number of nitrogens with zero attached hydrogens (tertiary/aromatic N) is 3. The summed E-state index contributed by atoms with van der Waals surface area (Å²) < 4.78 is 5.47. The number of likely N-dealkylation sites (tertiary alicyclic amines) is 1. The van der Waals surface area contributed by atoms with Crippen molar-refractivity contribution in [2.75, 3.05) is 19.6 Å². The van der Waals surface area contributed by atoms with Crippen LogP contribution < -0.4 is 10.6 Å². The van der Waals surface area contributed by atoms with Gasteiger partial charge >= 0.3 is 0 Å². The molecule has 2 aliphatic rings. The molecule has 1 atom stereocenters. The Balaban J connectivity index is 1.32. The molecule has 31 heavy (non-hydrogen) atoms. The highest BCUT2D eigenvalue weighted by atomic mass is 16.5. The molecule has 2 N–H and O–H groups in total. The molecule has 1 aromatic carbocycles. The Hall–Kier alpha value is -2.83. The van der Waals surface area contributed by atoms with E-state index in [0.29, 0.717) is 12.5 Å². The topological polar surface area (TPSA) is 82.8 Å². The molecule has 0 radical (unpaired) electrons. The van der Waals surface area contributed by atoms with Crippen molar-refractivity contribution in [3.63, 3.8) is 0 Å². The van der Waals surface area contributed by atoms with Crippen molar-refractivity contribution in [3.05, 3.63) is 42.1 Å². The number of carbonyl (C=O) groups excluding carboxylic acids is 1. The molecule has 7 heteroatoms. The fraction of sp³-hybridized carbons (Fsp3) is 0.542. The summed E-state index contributed by atoms with van der Waals surface area (Å²) in [4.78, 5) is 19.5. The Bertz CT molecular complexity index is 873. The molecule has 1 amide bonds. The van der Waals surface area contributed by atoms with Gasteiger partial charge in [-0.2, -0.15) is 0 Å². The molecule has 1 aromatic heterocycles. The molecular formula is C24H33N5O2. The summed E-state index contributed by atoms with van der Waals surface area (Å²) in [6.07, 6.45) is 6.72. The van der Waals surface area contributed by atoms with Crippen LogP contribution >= 0.6 is 0 Å². The fourth-order valence-electron chi connectivity index (χ4n) is 4.48. The quantitative estimate of drug-likeness (QED) is 0.548. The van der Waals surface area contributed by atoms with Crippen molar-refractivity contribution in [3.8, 4) is 11.3 Å². The molecular weight excluding hydrogens is 390 g/mol. The van der Waals surface area contributed by atoms with E-state index in [4.69, 9.17) is 4.52 Å². The third-order valence-electron chi connectivity index (χ3n) is 6.16. The lowest BCUT2D eigenvalue weighted by Gasteiger charge is -2.26. The van der Waals surface area contributed by atoms with E-state index in [2.05, 4.69) is 20.8 Å². The Morgan fingerprint density at radius 3 is 2.77 bits per heavy atom. The van der Waals surface area contributed by atoms with Gasteiger partial charge < -0.3 is 20.1 Å². The van der Waals surface area contributed by atoms with Gasteiger partial charge in [0.25, 0.3) is 0 Å². The van der Waals surface area contributed by atoms with Crippen molar-refractivity contribution < 1.29 is 9.32 Å². The van der Waals surface area contributed by atoms with Crippen LogP contribution in [0.15, 0.2) is 45.9 Å². The number of rotatable bonds is 6. The van der Waals surface area contributed by atoms with Gasteiger partial charge in [-0.25, -0.2) is 4.99 Å². The first-order valence-electron chi connectivity index (χ1n) is 11.6. The minimum absolute atomic E-state index is 0.225. The van der Waals surface area contributed by atoms with Crippen LogP contribution in [0.4, 0.5) is 0 Å². The third kappa shape index (κ3) is 5.66. The summed E-state index contributed by atoms with van der Waals surface area (Å²) >= 11 is 0. The summed E-state index contributed by atoms with van der Waals surface area (Å²) in [5.74, 6) is 2.09. The lowest BCUT2D eigenvalue weighted by atomic mass is 9.88. The van der Waals surface area contributed by atoms with Crippen LogP contribution in [0.1, 0.15) is 51.1 Å². The maximum Gasteiger partial charge on any atom is 0.225 e. The second-order valence-corrected chi connectivity index (χ2v) is 8.49. The highest BCUT2D eigenvalue weighted by Gasteiger charge is 2.31. The second kappa shape index (κ2) is 10.5. The molecule has 166 valence electrons. The van der Waals surface area contributed by atoms with E-state index in [9.17, 15) is 4.79 Å². The Morgan fingerprint density at radius 1 is 1.19 bits per heavy atom. The van der Waals surface area contributed by atoms with Gasteiger partial charge in [0.2, 0.25) is 5.91 Å². The number of benzene rings is 1. The van der Waals surface area contributed by atoms with Crippen molar-refractivity contribution in [1.29, 1.82) is 0 Å². The number of nitrogens with one attached hydrogen (secondary N) is 2. The molecule has 2 heterocycles. The lowest BCUT2D eigenvalue weighted by molar-refractivity contribution is -0.135. The lowest BCUT2D eigenvalue weighted by Crippen LogP contribution is -2.45. The monoisotopic (exact) mass is 423 g/mol. The van der Waals surface area contributed by atoms with E-state index in [1.165, 1.54) is 19.3 Å². The van der Waals surface area contributed by atoms with Gasteiger partial charge in [0.15, 0.2) is 11.7 Å². The van der Waals surface area contributed by atoms with Crippen molar-refractivity contribution in [2.45, 2.75) is 58.0 Å². The zero-order valence-electron chi connectivity index (χ0n) is 18.3. The van der Waals surface area contributed by atoms with E-state index in [1.54, 1.807) is 0 Å². The van der Waals surface area contributed by atoms with Gasteiger partial charge in [-0.3, -0.25) is 4.79 Å².